The second-order valence-corrected chi connectivity index (χ2v) is 6.79. The Morgan fingerprint density at radius 1 is 1.00 bits per heavy atom. The molecule has 0 fully saturated rings. The zero-order valence-electron chi connectivity index (χ0n) is 16.4. The number of nitrogens with one attached hydrogen (secondary N) is 1. The Hall–Kier alpha value is -2.82. The third kappa shape index (κ3) is 5.58. The van der Waals surface area contributed by atoms with Crippen LogP contribution in [-0.4, -0.2) is 36.9 Å². The molecule has 0 saturated carbocycles. The van der Waals surface area contributed by atoms with Gasteiger partial charge in [0.25, 0.3) is 0 Å². The predicted molar refractivity (Wildman–Crippen MR) is 106 cm³/mol. The van der Waals surface area contributed by atoms with E-state index in [2.05, 4.69) is 5.32 Å². The van der Waals surface area contributed by atoms with E-state index in [-0.39, 0.29) is 17.7 Å². The van der Waals surface area contributed by atoms with Crippen molar-refractivity contribution in [2.24, 2.45) is 5.92 Å². The van der Waals surface area contributed by atoms with Crippen molar-refractivity contribution in [2.45, 2.75) is 32.9 Å². The average molecular weight is 368 g/mol. The summed E-state index contributed by atoms with van der Waals surface area (Å²) in [4.78, 5) is 27.3. The number of methoxy groups -OCH3 is 1. The number of rotatable bonds is 8. The quantitative estimate of drug-likeness (QED) is 0.779. The van der Waals surface area contributed by atoms with Crippen molar-refractivity contribution >= 4 is 11.8 Å². The summed E-state index contributed by atoms with van der Waals surface area (Å²) < 4.78 is 5.20. The topological polar surface area (TPSA) is 58.6 Å². The molecule has 0 aliphatic carbocycles. The fourth-order valence-electron chi connectivity index (χ4n) is 2.95. The van der Waals surface area contributed by atoms with E-state index in [4.69, 9.17) is 4.74 Å². The maximum Gasteiger partial charge on any atom is 0.242 e. The number of amides is 2. The molecule has 5 nitrogen and oxygen atoms in total. The van der Waals surface area contributed by atoms with Gasteiger partial charge in [-0.1, -0.05) is 56.3 Å². The smallest absolute Gasteiger partial charge is 0.242 e. The summed E-state index contributed by atoms with van der Waals surface area (Å²) in [6.07, 6.45) is 0.467. The molecule has 0 heterocycles. The lowest BCUT2D eigenvalue weighted by atomic mass is 10.0. The largest absolute Gasteiger partial charge is 0.497 e. The van der Waals surface area contributed by atoms with E-state index in [0.717, 1.165) is 16.9 Å². The number of nitrogens with zero attached hydrogens (tertiary/aromatic N) is 1. The Bertz CT molecular complexity index is 742. The first-order chi connectivity index (χ1) is 13.0. The minimum atomic E-state index is -0.575. The van der Waals surface area contributed by atoms with E-state index >= 15 is 0 Å². The molecule has 2 amide bonds. The van der Waals surface area contributed by atoms with Gasteiger partial charge in [0.2, 0.25) is 11.8 Å². The Labute approximate surface area is 161 Å². The molecule has 0 spiro atoms. The molecular weight excluding hydrogens is 340 g/mol. The monoisotopic (exact) mass is 368 g/mol. The van der Waals surface area contributed by atoms with Gasteiger partial charge in [0, 0.05) is 25.9 Å². The lowest BCUT2D eigenvalue weighted by molar-refractivity contribution is -0.143. The molecule has 0 aromatic heterocycles. The second-order valence-electron chi connectivity index (χ2n) is 6.79. The van der Waals surface area contributed by atoms with Gasteiger partial charge < -0.3 is 15.0 Å². The standard InChI is InChI=1S/C22H28N2O3/c1-16(2)22(26)24(15-18-10-12-19(27-4)13-11-18)20(21(25)23-3)14-17-8-6-5-7-9-17/h5-13,16,20H,14-15H2,1-4H3,(H,23,25)/t20-/m1/s1. The van der Waals surface area contributed by atoms with Gasteiger partial charge in [-0.3, -0.25) is 9.59 Å². The number of benzene rings is 2. The van der Waals surface area contributed by atoms with Crippen molar-refractivity contribution in [3.8, 4) is 5.75 Å². The summed E-state index contributed by atoms with van der Waals surface area (Å²) in [5.41, 5.74) is 1.97. The van der Waals surface area contributed by atoms with Crippen molar-refractivity contribution in [2.75, 3.05) is 14.2 Å². The molecule has 144 valence electrons. The van der Waals surface area contributed by atoms with Crippen LogP contribution in [0.25, 0.3) is 0 Å². The van der Waals surface area contributed by atoms with Gasteiger partial charge in [-0.15, -0.1) is 0 Å². The van der Waals surface area contributed by atoms with Crippen LogP contribution in [0.1, 0.15) is 25.0 Å². The van der Waals surface area contributed by atoms with Gasteiger partial charge in [-0.05, 0) is 23.3 Å². The van der Waals surface area contributed by atoms with Crippen molar-refractivity contribution in [1.29, 1.82) is 0 Å². The summed E-state index contributed by atoms with van der Waals surface area (Å²) in [6.45, 7) is 4.07. The predicted octanol–water partition coefficient (Wildman–Crippen LogP) is 3.04. The first-order valence-electron chi connectivity index (χ1n) is 9.15. The summed E-state index contributed by atoms with van der Waals surface area (Å²) in [7, 11) is 3.22. The molecule has 2 rings (SSSR count). The first kappa shape index (κ1) is 20.5. The van der Waals surface area contributed by atoms with E-state index in [9.17, 15) is 9.59 Å². The lowest BCUT2D eigenvalue weighted by Crippen LogP contribution is -2.50. The zero-order chi connectivity index (χ0) is 19.8. The Morgan fingerprint density at radius 3 is 2.15 bits per heavy atom. The highest BCUT2D eigenvalue weighted by Gasteiger charge is 2.30. The first-order valence-corrected chi connectivity index (χ1v) is 9.15. The van der Waals surface area contributed by atoms with Gasteiger partial charge in [0.05, 0.1) is 7.11 Å². The van der Waals surface area contributed by atoms with Gasteiger partial charge in [0.1, 0.15) is 11.8 Å². The number of hydrogen-bond acceptors (Lipinski definition) is 3. The van der Waals surface area contributed by atoms with Crippen LogP contribution in [0, 0.1) is 5.92 Å². The molecule has 1 N–H and O–H groups in total. The van der Waals surface area contributed by atoms with Crippen LogP contribution in [-0.2, 0) is 22.6 Å². The molecule has 0 radical (unpaired) electrons. The molecule has 2 aromatic rings. The molecule has 2 aromatic carbocycles. The van der Waals surface area contributed by atoms with Crippen molar-refractivity contribution in [3.63, 3.8) is 0 Å². The van der Waals surface area contributed by atoms with Crippen molar-refractivity contribution in [3.05, 3.63) is 65.7 Å². The van der Waals surface area contributed by atoms with Crippen LogP contribution >= 0.6 is 0 Å². The Kier molecular flexibility index (Phi) is 7.41. The number of likely N-dealkylation sites (N-methyl/N-ethyl adjacent to an activating group) is 1. The van der Waals surface area contributed by atoms with E-state index in [1.165, 1.54) is 0 Å². The molecule has 5 heteroatoms. The van der Waals surface area contributed by atoms with Crippen LogP contribution in [0.3, 0.4) is 0 Å². The van der Waals surface area contributed by atoms with E-state index in [0.29, 0.717) is 13.0 Å². The highest BCUT2D eigenvalue weighted by Crippen LogP contribution is 2.19. The molecule has 0 aliphatic heterocycles. The molecule has 0 unspecified atom stereocenters. The average Bonchev–Trinajstić information content (AvgIpc) is 2.70. The second kappa shape index (κ2) is 9.76. The van der Waals surface area contributed by atoms with Crippen molar-refractivity contribution < 1.29 is 14.3 Å². The molecule has 0 aliphatic rings. The van der Waals surface area contributed by atoms with Gasteiger partial charge in [-0.2, -0.15) is 0 Å². The van der Waals surface area contributed by atoms with Gasteiger partial charge in [0.15, 0.2) is 0 Å². The fourth-order valence-corrected chi connectivity index (χ4v) is 2.95. The zero-order valence-corrected chi connectivity index (χ0v) is 16.4. The summed E-state index contributed by atoms with van der Waals surface area (Å²) in [5, 5.41) is 2.71. The van der Waals surface area contributed by atoms with Gasteiger partial charge >= 0.3 is 0 Å². The molecule has 27 heavy (non-hydrogen) atoms. The van der Waals surface area contributed by atoms with Crippen molar-refractivity contribution in [1.82, 2.24) is 10.2 Å². The SMILES string of the molecule is CNC(=O)[C@@H](Cc1ccccc1)N(Cc1ccc(OC)cc1)C(=O)C(C)C. The van der Waals surface area contributed by atoms with Crippen LogP contribution < -0.4 is 10.1 Å². The van der Waals surface area contributed by atoms with E-state index < -0.39 is 6.04 Å². The highest BCUT2D eigenvalue weighted by molar-refractivity contribution is 5.88. The Balaban J connectivity index is 2.34. The number of carbonyl (C=O) groups is 2. The van der Waals surface area contributed by atoms with E-state index in [1.54, 1.807) is 19.1 Å². The Morgan fingerprint density at radius 2 is 1.63 bits per heavy atom. The minimum absolute atomic E-state index is 0.0460. The van der Waals surface area contributed by atoms with Crippen LogP contribution in [0.4, 0.5) is 0 Å². The summed E-state index contributed by atoms with van der Waals surface area (Å²) in [6, 6.07) is 16.7. The van der Waals surface area contributed by atoms with Crippen LogP contribution in [0.15, 0.2) is 54.6 Å². The lowest BCUT2D eigenvalue weighted by Gasteiger charge is -2.32. The maximum absolute atomic E-state index is 12.9. The molecule has 0 saturated heterocycles. The number of carbonyl (C=O) groups excluding carboxylic acids is 2. The van der Waals surface area contributed by atoms with E-state index in [1.807, 2.05) is 68.4 Å². The summed E-state index contributed by atoms with van der Waals surface area (Å²) >= 11 is 0. The highest BCUT2D eigenvalue weighted by atomic mass is 16.5. The fraction of sp³-hybridized carbons (Fsp3) is 0.364. The maximum atomic E-state index is 12.9. The normalized spacial score (nSPS) is 11.7. The third-order valence-electron chi connectivity index (χ3n) is 4.49. The number of ether oxygens (including phenoxy) is 1. The summed E-state index contributed by atoms with van der Waals surface area (Å²) in [5.74, 6) is 0.343. The minimum Gasteiger partial charge on any atom is -0.497 e. The molecular formula is C22H28N2O3. The van der Waals surface area contributed by atoms with Gasteiger partial charge in [-0.25, -0.2) is 0 Å². The van der Waals surface area contributed by atoms with Crippen LogP contribution in [0.2, 0.25) is 0 Å². The van der Waals surface area contributed by atoms with Crippen LogP contribution in [0.5, 0.6) is 5.75 Å². The third-order valence-corrected chi connectivity index (χ3v) is 4.49. The molecule has 0 bridgehead atoms. The molecule has 1 atom stereocenters. The number of hydrogen-bond donors (Lipinski definition) is 1.